The van der Waals surface area contributed by atoms with Crippen molar-refractivity contribution in [2.75, 3.05) is 32.7 Å². The van der Waals surface area contributed by atoms with E-state index < -0.39 is 5.97 Å². The molecule has 7 heteroatoms. The van der Waals surface area contributed by atoms with Gasteiger partial charge in [-0.15, -0.1) is 0 Å². The Labute approximate surface area is 170 Å². The zero-order valence-electron chi connectivity index (χ0n) is 16.7. The Bertz CT molecular complexity index is 823. The standard InChI is InChI=1S/C22H26N2O5/c1-24(16-17-7-4-3-5-8-17)22(27)18-9-6-10-19(15-18)23-20(25)11-12-21(26)29-14-13-28-2/h3-10,15H,11-14,16H2,1-2H3,(H,23,25). The van der Waals surface area contributed by atoms with Crippen LogP contribution in [0.15, 0.2) is 54.6 Å². The molecule has 0 bridgehead atoms. The van der Waals surface area contributed by atoms with Crippen LogP contribution in [-0.4, -0.2) is 50.1 Å². The number of carbonyl (C=O) groups excluding carboxylic acids is 3. The molecule has 7 nitrogen and oxygen atoms in total. The summed E-state index contributed by atoms with van der Waals surface area (Å²) in [4.78, 5) is 37.9. The third-order valence-electron chi connectivity index (χ3n) is 4.11. The Morgan fingerprint density at radius 2 is 1.72 bits per heavy atom. The van der Waals surface area contributed by atoms with Gasteiger partial charge in [0.15, 0.2) is 0 Å². The Hall–Kier alpha value is -3.19. The highest BCUT2D eigenvalue weighted by molar-refractivity contribution is 5.97. The fourth-order valence-corrected chi connectivity index (χ4v) is 2.63. The quantitative estimate of drug-likeness (QED) is 0.491. The fourth-order valence-electron chi connectivity index (χ4n) is 2.63. The second-order valence-corrected chi connectivity index (χ2v) is 6.49. The molecule has 2 amide bonds. The number of anilines is 1. The second-order valence-electron chi connectivity index (χ2n) is 6.49. The number of hydrogen-bond donors (Lipinski definition) is 1. The number of amides is 2. The van der Waals surface area contributed by atoms with Crippen LogP contribution in [0.1, 0.15) is 28.8 Å². The Morgan fingerprint density at radius 3 is 2.45 bits per heavy atom. The maximum Gasteiger partial charge on any atom is 0.306 e. The Kier molecular flexibility index (Phi) is 8.85. The topological polar surface area (TPSA) is 84.9 Å². The van der Waals surface area contributed by atoms with E-state index in [1.807, 2.05) is 30.3 Å². The van der Waals surface area contributed by atoms with E-state index in [1.165, 1.54) is 7.11 Å². The van der Waals surface area contributed by atoms with Gasteiger partial charge in [0, 0.05) is 38.4 Å². The first-order valence-electron chi connectivity index (χ1n) is 9.33. The van der Waals surface area contributed by atoms with Crippen molar-refractivity contribution in [1.82, 2.24) is 4.90 Å². The molecule has 0 aliphatic carbocycles. The summed E-state index contributed by atoms with van der Waals surface area (Å²) in [7, 11) is 3.25. The molecule has 0 fully saturated rings. The van der Waals surface area contributed by atoms with Gasteiger partial charge in [0.1, 0.15) is 6.61 Å². The smallest absolute Gasteiger partial charge is 0.306 e. The average molecular weight is 398 g/mol. The molecule has 0 radical (unpaired) electrons. The molecule has 0 aliphatic rings. The largest absolute Gasteiger partial charge is 0.463 e. The van der Waals surface area contributed by atoms with Crippen molar-refractivity contribution in [3.05, 3.63) is 65.7 Å². The minimum absolute atomic E-state index is 0.00208. The second kappa shape index (κ2) is 11.6. The highest BCUT2D eigenvalue weighted by atomic mass is 16.6. The first-order valence-corrected chi connectivity index (χ1v) is 9.33. The van der Waals surface area contributed by atoms with Crippen LogP contribution in [0.2, 0.25) is 0 Å². The van der Waals surface area contributed by atoms with Crippen molar-refractivity contribution in [3.8, 4) is 0 Å². The lowest BCUT2D eigenvalue weighted by Gasteiger charge is -2.18. The first kappa shape index (κ1) is 22.1. The van der Waals surface area contributed by atoms with Gasteiger partial charge in [-0.25, -0.2) is 0 Å². The van der Waals surface area contributed by atoms with Crippen LogP contribution >= 0.6 is 0 Å². The van der Waals surface area contributed by atoms with Gasteiger partial charge in [0.2, 0.25) is 5.91 Å². The maximum absolute atomic E-state index is 12.7. The summed E-state index contributed by atoms with van der Waals surface area (Å²) in [5.74, 6) is -0.925. The van der Waals surface area contributed by atoms with Gasteiger partial charge < -0.3 is 19.7 Å². The van der Waals surface area contributed by atoms with Crippen LogP contribution in [0.25, 0.3) is 0 Å². The summed E-state index contributed by atoms with van der Waals surface area (Å²) >= 11 is 0. The summed E-state index contributed by atoms with van der Waals surface area (Å²) in [5.41, 5.74) is 2.01. The van der Waals surface area contributed by atoms with Gasteiger partial charge in [0.25, 0.3) is 5.91 Å². The molecule has 0 aliphatic heterocycles. The van der Waals surface area contributed by atoms with Crippen LogP contribution in [0.4, 0.5) is 5.69 Å². The van der Waals surface area contributed by atoms with E-state index in [1.54, 1.807) is 36.2 Å². The summed E-state index contributed by atoms with van der Waals surface area (Å²) in [6.07, 6.45) is -0.0219. The lowest BCUT2D eigenvalue weighted by atomic mass is 10.1. The lowest BCUT2D eigenvalue weighted by molar-refractivity contribution is -0.145. The molecule has 2 aromatic carbocycles. The third-order valence-corrected chi connectivity index (χ3v) is 4.11. The molecule has 2 aromatic rings. The fraction of sp³-hybridized carbons (Fsp3) is 0.318. The first-order chi connectivity index (χ1) is 14.0. The number of methoxy groups -OCH3 is 1. The predicted molar refractivity (Wildman–Crippen MR) is 109 cm³/mol. The van der Waals surface area contributed by atoms with Gasteiger partial charge >= 0.3 is 5.97 Å². The van der Waals surface area contributed by atoms with Crippen molar-refractivity contribution >= 4 is 23.5 Å². The van der Waals surface area contributed by atoms with Crippen LogP contribution in [0, 0.1) is 0 Å². The normalized spacial score (nSPS) is 10.3. The van der Waals surface area contributed by atoms with E-state index in [-0.39, 0.29) is 31.3 Å². The molecule has 0 saturated heterocycles. The van der Waals surface area contributed by atoms with E-state index in [0.717, 1.165) is 5.56 Å². The van der Waals surface area contributed by atoms with Crippen molar-refractivity contribution < 1.29 is 23.9 Å². The van der Waals surface area contributed by atoms with Gasteiger partial charge in [-0.1, -0.05) is 36.4 Å². The summed E-state index contributed by atoms with van der Waals surface area (Å²) in [5, 5.41) is 2.71. The van der Waals surface area contributed by atoms with Crippen LogP contribution in [0.5, 0.6) is 0 Å². The maximum atomic E-state index is 12.7. The van der Waals surface area contributed by atoms with Crippen molar-refractivity contribution in [1.29, 1.82) is 0 Å². The number of ether oxygens (including phenoxy) is 2. The van der Waals surface area contributed by atoms with Crippen LogP contribution < -0.4 is 5.32 Å². The van der Waals surface area contributed by atoms with E-state index in [2.05, 4.69) is 5.32 Å². The van der Waals surface area contributed by atoms with E-state index in [0.29, 0.717) is 24.4 Å². The molecule has 0 atom stereocenters. The van der Waals surface area contributed by atoms with Crippen LogP contribution in [-0.2, 0) is 25.6 Å². The van der Waals surface area contributed by atoms with Crippen LogP contribution in [0.3, 0.4) is 0 Å². The lowest BCUT2D eigenvalue weighted by Crippen LogP contribution is -2.26. The summed E-state index contributed by atoms with van der Waals surface area (Å²) in [6.45, 7) is 0.969. The van der Waals surface area contributed by atoms with Crippen molar-refractivity contribution in [2.45, 2.75) is 19.4 Å². The van der Waals surface area contributed by atoms with E-state index >= 15 is 0 Å². The molecule has 154 valence electrons. The number of carbonyl (C=O) groups is 3. The molecule has 0 aromatic heterocycles. The average Bonchev–Trinajstić information content (AvgIpc) is 2.73. The van der Waals surface area contributed by atoms with E-state index in [9.17, 15) is 14.4 Å². The third kappa shape index (κ3) is 7.75. The Balaban J connectivity index is 1.87. The van der Waals surface area contributed by atoms with E-state index in [4.69, 9.17) is 9.47 Å². The Morgan fingerprint density at radius 1 is 0.966 bits per heavy atom. The molecular formula is C22H26N2O5. The molecule has 0 saturated carbocycles. The monoisotopic (exact) mass is 398 g/mol. The molecule has 1 N–H and O–H groups in total. The molecular weight excluding hydrogens is 372 g/mol. The number of rotatable bonds is 10. The zero-order chi connectivity index (χ0) is 21.1. The molecule has 0 spiro atoms. The molecule has 2 rings (SSSR count). The minimum atomic E-state index is -0.455. The van der Waals surface area contributed by atoms with Gasteiger partial charge in [-0.05, 0) is 23.8 Å². The summed E-state index contributed by atoms with van der Waals surface area (Å²) < 4.78 is 9.70. The summed E-state index contributed by atoms with van der Waals surface area (Å²) in [6, 6.07) is 16.4. The van der Waals surface area contributed by atoms with Gasteiger partial charge in [-0.3, -0.25) is 14.4 Å². The number of hydrogen-bond acceptors (Lipinski definition) is 5. The SMILES string of the molecule is COCCOC(=O)CCC(=O)Nc1cccc(C(=O)N(C)Cc2ccccc2)c1. The molecule has 0 heterocycles. The highest BCUT2D eigenvalue weighted by Crippen LogP contribution is 2.14. The highest BCUT2D eigenvalue weighted by Gasteiger charge is 2.14. The zero-order valence-corrected chi connectivity index (χ0v) is 16.7. The molecule has 29 heavy (non-hydrogen) atoms. The minimum Gasteiger partial charge on any atom is -0.463 e. The number of nitrogens with one attached hydrogen (secondary N) is 1. The van der Waals surface area contributed by atoms with Gasteiger partial charge in [-0.2, -0.15) is 0 Å². The molecule has 0 unspecified atom stereocenters. The van der Waals surface area contributed by atoms with Gasteiger partial charge in [0.05, 0.1) is 13.0 Å². The number of esters is 1. The number of benzene rings is 2. The predicted octanol–water partition coefficient (Wildman–Crippen LogP) is 2.87. The number of nitrogens with zero attached hydrogens (tertiary/aromatic N) is 1. The van der Waals surface area contributed by atoms with Crippen molar-refractivity contribution in [2.24, 2.45) is 0 Å². The van der Waals surface area contributed by atoms with Crippen molar-refractivity contribution in [3.63, 3.8) is 0 Å².